The number of aryl methyl sites for hydroxylation is 1. The molecule has 3 atom stereocenters. The summed E-state index contributed by atoms with van der Waals surface area (Å²) in [6, 6.07) is 9.73. The Morgan fingerprint density at radius 2 is 1.86 bits per heavy atom. The summed E-state index contributed by atoms with van der Waals surface area (Å²) in [5, 5.41) is -0.523. The maximum atomic E-state index is 11.1. The van der Waals surface area contributed by atoms with Crippen molar-refractivity contribution >= 4 is 11.1 Å². The highest BCUT2D eigenvalue weighted by Crippen LogP contribution is 2.23. The maximum Gasteiger partial charge on any atom is 0.157 e. The molecule has 0 aliphatic rings. The van der Waals surface area contributed by atoms with Crippen LogP contribution in [-0.4, -0.2) is 24.0 Å². The second-order valence-electron chi connectivity index (χ2n) is 5.21. The molecule has 22 heavy (non-hydrogen) atoms. The second kappa shape index (κ2) is 8.12. The average Bonchev–Trinajstić information content (AvgIpc) is 2.53. The van der Waals surface area contributed by atoms with Crippen molar-refractivity contribution in [2.75, 3.05) is 0 Å². The predicted molar refractivity (Wildman–Crippen MR) is 83.7 cm³/mol. The van der Waals surface area contributed by atoms with Crippen LogP contribution < -0.4 is 0 Å². The molecule has 0 amide bonds. The predicted octanol–water partition coefficient (Wildman–Crippen LogP) is 2.70. The molecule has 0 spiro atoms. The van der Waals surface area contributed by atoms with Crippen LogP contribution in [0.15, 0.2) is 42.7 Å². The summed E-state index contributed by atoms with van der Waals surface area (Å²) < 4.78 is 28.1. The molecule has 0 saturated heterocycles. The molecule has 118 valence electrons. The van der Waals surface area contributed by atoms with E-state index in [4.69, 9.17) is 4.74 Å². The lowest BCUT2D eigenvalue weighted by atomic mass is 10.2. The Hall–Kier alpha value is -1.63. The third-order valence-electron chi connectivity index (χ3n) is 3.26. The van der Waals surface area contributed by atoms with Gasteiger partial charge < -0.3 is 9.29 Å². The van der Waals surface area contributed by atoms with Gasteiger partial charge in [0.05, 0.1) is 6.61 Å². The maximum absolute atomic E-state index is 11.1. The van der Waals surface area contributed by atoms with E-state index >= 15 is 0 Å². The van der Waals surface area contributed by atoms with E-state index in [-0.39, 0.29) is 0 Å². The molecule has 0 N–H and O–H groups in total. The van der Waals surface area contributed by atoms with E-state index < -0.39 is 22.4 Å². The zero-order chi connectivity index (χ0) is 15.9. The molecule has 0 aliphatic heterocycles. The summed E-state index contributed by atoms with van der Waals surface area (Å²) in [7, 11) is 0. The van der Waals surface area contributed by atoms with Crippen LogP contribution in [0.25, 0.3) is 0 Å². The molecule has 5 nitrogen and oxygen atoms in total. The van der Waals surface area contributed by atoms with Gasteiger partial charge in [0.2, 0.25) is 0 Å². The minimum atomic E-state index is -2.14. The Kier molecular flexibility index (Phi) is 6.18. The highest BCUT2D eigenvalue weighted by Gasteiger charge is 2.19. The Morgan fingerprint density at radius 3 is 2.45 bits per heavy atom. The summed E-state index contributed by atoms with van der Waals surface area (Å²) >= 11 is -2.14. The summed E-state index contributed by atoms with van der Waals surface area (Å²) in [6.07, 6.45) is 3.29. The minimum Gasteiger partial charge on any atom is -0.772 e. The molecule has 1 heterocycles. The van der Waals surface area contributed by atoms with Crippen LogP contribution in [0.5, 0.6) is 0 Å². The van der Waals surface area contributed by atoms with E-state index in [2.05, 4.69) is 9.97 Å². The molecule has 3 unspecified atom stereocenters. The van der Waals surface area contributed by atoms with Gasteiger partial charge in [-0.25, -0.2) is 9.97 Å². The highest BCUT2D eigenvalue weighted by molar-refractivity contribution is 7.79. The molecule has 0 saturated carbocycles. The lowest BCUT2D eigenvalue weighted by Crippen LogP contribution is -2.18. The lowest BCUT2D eigenvalue weighted by Gasteiger charge is -2.22. The summed E-state index contributed by atoms with van der Waals surface area (Å²) in [5.41, 5.74) is 1.97. The Morgan fingerprint density at radius 1 is 1.23 bits per heavy atom. The van der Waals surface area contributed by atoms with Gasteiger partial charge in [0.25, 0.3) is 0 Å². The number of aromatic nitrogens is 2. The molecule has 2 rings (SSSR count). The van der Waals surface area contributed by atoms with Crippen molar-refractivity contribution in [3.05, 3.63) is 59.7 Å². The molecule has 0 radical (unpaired) electrons. The SMILES string of the molecule is Cc1cnc(C(CC(C)S(=O)[O-])OCc2ccccc2)nc1. The fourth-order valence-corrected chi connectivity index (χ4v) is 2.30. The molecular formula is C16H19N2O3S-. The first-order valence-electron chi connectivity index (χ1n) is 7.08. The number of rotatable bonds is 7. The van der Waals surface area contributed by atoms with E-state index in [1.807, 2.05) is 37.3 Å². The normalized spacial score (nSPS) is 15.2. The first-order valence-corrected chi connectivity index (χ1v) is 8.22. The number of hydrogen-bond donors (Lipinski definition) is 0. The quantitative estimate of drug-likeness (QED) is 0.733. The van der Waals surface area contributed by atoms with Crippen LogP contribution in [0.3, 0.4) is 0 Å². The summed E-state index contributed by atoms with van der Waals surface area (Å²) in [4.78, 5) is 8.53. The van der Waals surface area contributed by atoms with Crippen molar-refractivity contribution in [1.82, 2.24) is 9.97 Å². The first-order chi connectivity index (χ1) is 10.6. The molecule has 0 aliphatic carbocycles. The lowest BCUT2D eigenvalue weighted by molar-refractivity contribution is 0.0280. The summed E-state index contributed by atoms with van der Waals surface area (Å²) in [6.45, 7) is 3.94. The number of hydrogen-bond acceptors (Lipinski definition) is 5. The van der Waals surface area contributed by atoms with Crippen LogP contribution in [-0.2, 0) is 22.4 Å². The van der Waals surface area contributed by atoms with Crippen molar-refractivity contribution in [3.8, 4) is 0 Å². The largest absolute Gasteiger partial charge is 0.772 e. The Balaban J connectivity index is 2.10. The fourth-order valence-electron chi connectivity index (χ4n) is 1.97. The zero-order valence-electron chi connectivity index (χ0n) is 12.6. The van der Waals surface area contributed by atoms with E-state index in [1.54, 1.807) is 19.3 Å². The van der Waals surface area contributed by atoms with Gasteiger partial charge in [-0.3, -0.25) is 4.21 Å². The fraction of sp³-hybridized carbons (Fsp3) is 0.375. The molecular weight excluding hydrogens is 300 g/mol. The smallest absolute Gasteiger partial charge is 0.157 e. The van der Waals surface area contributed by atoms with Gasteiger partial charge in [0, 0.05) is 17.6 Å². The van der Waals surface area contributed by atoms with Crippen molar-refractivity contribution in [2.45, 2.75) is 38.2 Å². The number of benzene rings is 1. The molecule has 1 aromatic heterocycles. The minimum absolute atomic E-state index is 0.325. The van der Waals surface area contributed by atoms with Crippen molar-refractivity contribution in [2.24, 2.45) is 0 Å². The van der Waals surface area contributed by atoms with Crippen LogP contribution in [0, 0.1) is 6.92 Å². The highest BCUT2D eigenvalue weighted by atomic mass is 32.2. The van der Waals surface area contributed by atoms with E-state index in [1.165, 1.54) is 0 Å². The van der Waals surface area contributed by atoms with Gasteiger partial charge in [-0.15, -0.1) is 0 Å². The molecule has 6 heteroatoms. The van der Waals surface area contributed by atoms with Gasteiger partial charge in [0.1, 0.15) is 6.10 Å². The van der Waals surface area contributed by atoms with Crippen molar-refractivity contribution in [1.29, 1.82) is 0 Å². The monoisotopic (exact) mass is 319 g/mol. The van der Waals surface area contributed by atoms with Crippen LogP contribution >= 0.6 is 0 Å². The van der Waals surface area contributed by atoms with Gasteiger partial charge in [-0.2, -0.15) is 0 Å². The standard InChI is InChI=1S/C16H20N2O3S/c1-12-9-17-16(18-10-12)15(8-13(2)22(19)20)21-11-14-6-4-3-5-7-14/h3-7,9-10,13,15H,8,11H2,1-2H3,(H,19,20)/p-1. The number of ether oxygens (including phenoxy) is 1. The zero-order valence-corrected chi connectivity index (χ0v) is 13.5. The third kappa shape index (κ3) is 4.98. The van der Waals surface area contributed by atoms with Crippen molar-refractivity contribution < 1.29 is 13.5 Å². The third-order valence-corrected chi connectivity index (χ3v) is 4.11. The Bertz CT molecular complexity index is 605. The second-order valence-corrected chi connectivity index (χ2v) is 6.54. The topological polar surface area (TPSA) is 75.1 Å². The first kappa shape index (κ1) is 16.7. The van der Waals surface area contributed by atoms with E-state index in [0.717, 1.165) is 11.1 Å². The van der Waals surface area contributed by atoms with Crippen LogP contribution in [0.2, 0.25) is 0 Å². The molecule has 0 bridgehead atoms. The molecule has 0 fully saturated rings. The van der Waals surface area contributed by atoms with Crippen LogP contribution in [0.4, 0.5) is 0 Å². The molecule has 1 aromatic carbocycles. The Labute approximate surface area is 133 Å². The summed E-state index contributed by atoms with van der Waals surface area (Å²) in [5.74, 6) is 0.513. The van der Waals surface area contributed by atoms with E-state index in [9.17, 15) is 8.76 Å². The molecule has 2 aromatic rings. The average molecular weight is 319 g/mol. The number of nitrogens with zero attached hydrogens (tertiary/aromatic N) is 2. The van der Waals surface area contributed by atoms with Gasteiger partial charge in [-0.1, -0.05) is 48.3 Å². The van der Waals surface area contributed by atoms with Crippen molar-refractivity contribution in [3.63, 3.8) is 0 Å². The van der Waals surface area contributed by atoms with E-state index in [0.29, 0.717) is 18.9 Å². The van der Waals surface area contributed by atoms with Gasteiger partial charge in [0.15, 0.2) is 5.82 Å². The van der Waals surface area contributed by atoms with Gasteiger partial charge >= 0.3 is 0 Å². The van der Waals surface area contributed by atoms with Crippen LogP contribution in [0.1, 0.15) is 36.4 Å². The van der Waals surface area contributed by atoms with Gasteiger partial charge in [-0.05, 0) is 24.5 Å².